The largest absolute Gasteiger partial charge is 0.491 e. The highest BCUT2D eigenvalue weighted by Crippen LogP contribution is 2.45. The number of thioether (sulfide) groups is 1. The molecule has 0 saturated carbocycles. The van der Waals surface area contributed by atoms with Crippen LogP contribution < -0.4 is 4.74 Å². The van der Waals surface area contributed by atoms with Crippen molar-refractivity contribution in [3.8, 4) is 5.75 Å². The Labute approximate surface area is 137 Å². The van der Waals surface area contributed by atoms with Crippen LogP contribution in [0.3, 0.4) is 0 Å². The maximum Gasteiger partial charge on any atom is 0.139 e. The van der Waals surface area contributed by atoms with E-state index in [0.717, 1.165) is 12.3 Å². The van der Waals surface area contributed by atoms with Gasteiger partial charge in [-0.2, -0.15) is 11.8 Å². The molecule has 2 fully saturated rings. The van der Waals surface area contributed by atoms with Crippen molar-refractivity contribution < 1.29 is 4.74 Å². The summed E-state index contributed by atoms with van der Waals surface area (Å²) >= 11 is 11.4. The summed E-state index contributed by atoms with van der Waals surface area (Å²) in [6.45, 7) is 4.10. The third-order valence-corrected chi connectivity index (χ3v) is 6.96. The van der Waals surface area contributed by atoms with E-state index in [-0.39, 0.29) is 0 Å². The Kier molecular flexibility index (Phi) is 4.80. The van der Waals surface area contributed by atoms with Gasteiger partial charge in [0.1, 0.15) is 17.0 Å². The summed E-state index contributed by atoms with van der Waals surface area (Å²) in [5, 5.41) is 0.588. The lowest BCUT2D eigenvalue weighted by Crippen LogP contribution is -2.47. The van der Waals surface area contributed by atoms with E-state index in [4.69, 9.17) is 16.3 Å². The Balaban J connectivity index is 1.40. The van der Waals surface area contributed by atoms with Gasteiger partial charge in [-0.15, -0.1) is 0 Å². The standard InChI is InChI=1S/C14H18BrClN2OS/c15-13-12(16)7-11(8-17-13)19-6-5-18-3-1-14(2-4-18)9-20-10-14/h7-8H,1-6,9-10H2. The van der Waals surface area contributed by atoms with Gasteiger partial charge in [-0.25, -0.2) is 4.98 Å². The summed E-state index contributed by atoms with van der Waals surface area (Å²) in [4.78, 5) is 6.63. The zero-order valence-corrected chi connectivity index (χ0v) is 14.4. The van der Waals surface area contributed by atoms with Crippen molar-refractivity contribution in [1.29, 1.82) is 0 Å². The molecule has 2 saturated heterocycles. The van der Waals surface area contributed by atoms with Gasteiger partial charge in [0, 0.05) is 12.6 Å². The van der Waals surface area contributed by atoms with Crippen molar-refractivity contribution in [2.45, 2.75) is 12.8 Å². The van der Waals surface area contributed by atoms with E-state index in [2.05, 4.69) is 37.6 Å². The molecule has 2 aliphatic rings. The van der Waals surface area contributed by atoms with Gasteiger partial charge in [0.25, 0.3) is 0 Å². The molecule has 1 spiro atoms. The molecule has 3 heterocycles. The lowest BCUT2D eigenvalue weighted by Gasteiger charge is -2.47. The van der Waals surface area contributed by atoms with Gasteiger partial charge in [-0.05, 0) is 58.8 Å². The van der Waals surface area contributed by atoms with Crippen molar-refractivity contribution in [1.82, 2.24) is 9.88 Å². The molecule has 20 heavy (non-hydrogen) atoms. The summed E-state index contributed by atoms with van der Waals surface area (Å²) in [6.07, 6.45) is 4.41. The van der Waals surface area contributed by atoms with Crippen LogP contribution in [0.2, 0.25) is 5.02 Å². The lowest BCUT2D eigenvalue weighted by molar-refractivity contribution is 0.115. The minimum absolute atomic E-state index is 0.588. The smallest absolute Gasteiger partial charge is 0.139 e. The third-order valence-electron chi connectivity index (χ3n) is 4.18. The zero-order valence-electron chi connectivity index (χ0n) is 11.3. The van der Waals surface area contributed by atoms with Crippen LogP contribution in [0.25, 0.3) is 0 Å². The monoisotopic (exact) mass is 376 g/mol. The van der Waals surface area contributed by atoms with Crippen LogP contribution in [0, 0.1) is 5.41 Å². The summed E-state index contributed by atoms with van der Waals surface area (Å²) < 4.78 is 6.38. The molecule has 1 aromatic rings. The molecule has 0 N–H and O–H groups in total. The first-order valence-electron chi connectivity index (χ1n) is 6.91. The molecule has 3 rings (SSSR count). The highest BCUT2D eigenvalue weighted by Gasteiger charge is 2.40. The molecule has 0 aliphatic carbocycles. The van der Waals surface area contributed by atoms with Crippen molar-refractivity contribution in [2.24, 2.45) is 5.41 Å². The molecule has 0 unspecified atom stereocenters. The highest BCUT2D eigenvalue weighted by molar-refractivity contribution is 9.10. The van der Waals surface area contributed by atoms with Gasteiger partial charge in [0.05, 0.1) is 11.2 Å². The van der Waals surface area contributed by atoms with E-state index in [1.807, 2.05) is 0 Å². The summed E-state index contributed by atoms with van der Waals surface area (Å²) in [6, 6.07) is 1.80. The normalized spacial score (nSPS) is 21.7. The van der Waals surface area contributed by atoms with E-state index in [1.165, 1.54) is 37.4 Å². The minimum atomic E-state index is 0.588. The highest BCUT2D eigenvalue weighted by atomic mass is 79.9. The minimum Gasteiger partial charge on any atom is -0.491 e. The van der Waals surface area contributed by atoms with E-state index < -0.39 is 0 Å². The first kappa shape index (κ1) is 14.9. The Morgan fingerprint density at radius 1 is 1.40 bits per heavy atom. The Bertz CT molecular complexity index is 474. The van der Waals surface area contributed by atoms with Gasteiger partial charge in [0.15, 0.2) is 0 Å². The quantitative estimate of drug-likeness (QED) is 0.747. The third kappa shape index (κ3) is 3.43. The number of piperidine rings is 1. The van der Waals surface area contributed by atoms with Crippen LogP contribution in [0.5, 0.6) is 5.75 Å². The van der Waals surface area contributed by atoms with E-state index in [1.54, 1.807) is 12.3 Å². The fourth-order valence-corrected chi connectivity index (χ4v) is 4.44. The number of hydrogen-bond donors (Lipinski definition) is 0. The molecule has 0 aromatic carbocycles. The van der Waals surface area contributed by atoms with Gasteiger partial charge in [-0.1, -0.05) is 11.6 Å². The van der Waals surface area contributed by atoms with Gasteiger partial charge in [-0.3, -0.25) is 4.90 Å². The SMILES string of the molecule is Clc1cc(OCCN2CCC3(CC2)CSC3)cnc1Br. The average Bonchev–Trinajstić information content (AvgIpc) is 2.42. The fourth-order valence-electron chi connectivity index (χ4n) is 2.71. The molecule has 0 bridgehead atoms. The molecule has 0 atom stereocenters. The molecule has 6 heteroatoms. The summed E-state index contributed by atoms with van der Waals surface area (Å²) in [7, 11) is 0. The predicted molar refractivity (Wildman–Crippen MR) is 87.9 cm³/mol. The number of aromatic nitrogens is 1. The molecular formula is C14H18BrClN2OS. The van der Waals surface area contributed by atoms with Crippen molar-refractivity contribution in [3.63, 3.8) is 0 Å². The number of pyridine rings is 1. The van der Waals surface area contributed by atoms with E-state index in [0.29, 0.717) is 21.6 Å². The molecule has 110 valence electrons. The molecule has 2 aliphatic heterocycles. The van der Waals surface area contributed by atoms with Crippen LogP contribution in [0.15, 0.2) is 16.9 Å². The lowest BCUT2D eigenvalue weighted by atomic mass is 9.81. The number of nitrogens with zero attached hydrogens (tertiary/aromatic N) is 2. The maximum absolute atomic E-state index is 5.99. The van der Waals surface area contributed by atoms with Crippen LogP contribution in [0.1, 0.15) is 12.8 Å². The molecule has 3 nitrogen and oxygen atoms in total. The van der Waals surface area contributed by atoms with Crippen LogP contribution in [-0.4, -0.2) is 47.6 Å². The van der Waals surface area contributed by atoms with Crippen molar-refractivity contribution in [3.05, 3.63) is 21.9 Å². The number of likely N-dealkylation sites (tertiary alicyclic amines) is 1. The summed E-state index contributed by atoms with van der Waals surface area (Å²) in [5.74, 6) is 3.49. The van der Waals surface area contributed by atoms with Crippen LogP contribution >= 0.6 is 39.3 Å². The maximum atomic E-state index is 5.99. The Morgan fingerprint density at radius 2 is 2.15 bits per heavy atom. The van der Waals surface area contributed by atoms with Crippen molar-refractivity contribution >= 4 is 39.3 Å². The first-order chi connectivity index (χ1) is 9.67. The molecular weight excluding hydrogens is 360 g/mol. The van der Waals surface area contributed by atoms with E-state index in [9.17, 15) is 0 Å². The second-order valence-corrected chi connectivity index (χ2v) is 7.77. The fraction of sp³-hybridized carbons (Fsp3) is 0.643. The Hall–Kier alpha value is 0.0300. The average molecular weight is 378 g/mol. The summed E-state index contributed by atoms with van der Waals surface area (Å²) in [5.41, 5.74) is 0.686. The topological polar surface area (TPSA) is 25.4 Å². The molecule has 1 aromatic heterocycles. The molecule has 0 amide bonds. The van der Waals surface area contributed by atoms with E-state index >= 15 is 0 Å². The predicted octanol–water partition coefficient (Wildman–Crippen LogP) is 3.71. The number of rotatable bonds is 4. The van der Waals surface area contributed by atoms with Crippen LogP contribution in [0.4, 0.5) is 0 Å². The van der Waals surface area contributed by atoms with Crippen molar-refractivity contribution in [2.75, 3.05) is 37.7 Å². The second-order valence-electron chi connectivity index (χ2n) is 5.63. The number of ether oxygens (including phenoxy) is 1. The molecule has 0 radical (unpaired) electrons. The number of halogens is 2. The first-order valence-corrected chi connectivity index (χ1v) is 9.23. The Morgan fingerprint density at radius 3 is 2.75 bits per heavy atom. The zero-order chi connectivity index (χ0) is 14.0. The van der Waals surface area contributed by atoms with Crippen LogP contribution in [-0.2, 0) is 0 Å². The van der Waals surface area contributed by atoms with Gasteiger partial charge in [0.2, 0.25) is 0 Å². The van der Waals surface area contributed by atoms with Gasteiger partial charge < -0.3 is 4.74 Å². The second kappa shape index (κ2) is 6.42. The van der Waals surface area contributed by atoms with Gasteiger partial charge >= 0.3 is 0 Å². The number of hydrogen-bond acceptors (Lipinski definition) is 4.